The van der Waals surface area contributed by atoms with E-state index < -0.39 is 17.2 Å². The summed E-state index contributed by atoms with van der Waals surface area (Å²) < 4.78 is 15.6. The third-order valence-corrected chi connectivity index (χ3v) is 3.26. The zero-order valence-corrected chi connectivity index (χ0v) is 10.7. The van der Waals surface area contributed by atoms with Gasteiger partial charge in [0.05, 0.1) is 11.9 Å². The summed E-state index contributed by atoms with van der Waals surface area (Å²) in [4.78, 5) is 23.1. The summed E-state index contributed by atoms with van der Waals surface area (Å²) >= 11 is 0. The number of rotatable bonds is 3. The lowest BCUT2D eigenvalue weighted by molar-refractivity contribution is -0.136. The first-order chi connectivity index (χ1) is 8.97. The van der Waals surface area contributed by atoms with Gasteiger partial charge in [-0.15, -0.1) is 0 Å². The predicted octanol–water partition coefficient (Wildman–Crippen LogP) is 2.10. The molecule has 0 saturated heterocycles. The van der Waals surface area contributed by atoms with Gasteiger partial charge in [0.25, 0.3) is 0 Å². The lowest BCUT2D eigenvalue weighted by Gasteiger charge is -2.16. The number of benzene rings is 1. The third kappa shape index (κ3) is 2.12. The summed E-state index contributed by atoms with van der Waals surface area (Å²) in [6, 6.07) is 4.28. The Morgan fingerprint density at radius 3 is 2.68 bits per heavy atom. The molecule has 0 fully saturated rings. The fourth-order valence-electron chi connectivity index (χ4n) is 2.39. The smallest absolute Gasteiger partial charge is 0.308 e. The number of para-hydroxylation sites is 1. The van der Waals surface area contributed by atoms with Crippen molar-refractivity contribution in [2.75, 3.05) is 0 Å². The minimum absolute atomic E-state index is 0.215. The molecule has 4 nitrogen and oxygen atoms in total. The van der Waals surface area contributed by atoms with E-state index in [0.29, 0.717) is 12.2 Å². The fourth-order valence-corrected chi connectivity index (χ4v) is 2.39. The lowest BCUT2D eigenvalue weighted by atomic mass is 10.0. The summed E-state index contributed by atoms with van der Waals surface area (Å²) in [5, 5.41) is 9.11. The van der Waals surface area contributed by atoms with E-state index in [4.69, 9.17) is 5.11 Å². The number of carboxylic acids is 1. The molecule has 2 rings (SSSR count). The number of carboxylic acid groups (broad SMARTS) is 1. The SMILES string of the molecule is CCn1c(C)c(CC(=O)O)c(=O)c2cccc(F)c21. The van der Waals surface area contributed by atoms with Crippen molar-refractivity contribution in [1.29, 1.82) is 0 Å². The van der Waals surface area contributed by atoms with Gasteiger partial charge in [0, 0.05) is 23.2 Å². The van der Waals surface area contributed by atoms with Crippen molar-refractivity contribution in [3.63, 3.8) is 0 Å². The molecule has 1 heterocycles. The zero-order chi connectivity index (χ0) is 14.2. The molecule has 0 spiro atoms. The molecule has 0 unspecified atom stereocenters. The number of nitrogens with zero attached hydrogens (tertiary/aromatic N) is 1. The van der Waals surface area contributed by atoms with Crippen LogP contribution in [0.25, 0.3) is 10.9 Å². The minimum Gasteiger partial charge on any atom is -0.481 e. The quantitative estimate of drug-likeness (QED) is 0.922. The van der Waals surface area contributed by atoms with Gasteiger partial charge in [-0.2, -0.15) is 0 Å². The molecule has 0 saturated carbocycles. The summed E-state index contributed by atoms with van der Waals surface area (Å²) in [5.41, 5.74) is 0.556. The van der Waals surface area contributed by atoms with Gasteiger partial charge in [-0.1, -0.05) is 6.07 Å². The van der Waals surface area contributed by atoms with Gasteiger partial charge in [0.1, 0.15) is 5.82 Å². The number of pyridine rings is 1. The van der Waals surface area contributed by atoms with E-state index in [9.17, 15) is 14.0 Å². The van der Waals surface area contributed by atoms with Crippen molar-refractivity contribution in [3.8, 4) is 0 Å². The molecule has 1 aromatic carbocycles. The first-order valence-electron chi connectivity index (χ1n) is 5.99. The van der Waals surface area contributed by atoms with E-state index in [0.717, 1.165) is 0 Å². The molecule has 0 radical (unpaired) electrons. The van der Waals surface area contributed by atoms with Crippen LogP contribution < -0.4 is 5.43 Å². The highest BCUT2D eigenvalue weighted by molar-refractivity contribution is 5.82. The maximum absolute atomic E-state index is 13.9. The van der Waals surface area contributed by atoms with E-state index in [2.05, 4.69) is 0 Å². The van der Waals surface area contributed by atoms with Crippen LogP contribution in [-0.2, 0) is 17.8 Å². The van der Waals surface area contributed by atoms with Gasteiger partial charge in [-0.25, -0.2) is 4.39 Å². The molecule has 0 aliphatic rings. The van der Waals surface area contributed by atoms with Crippen LogP contribution in [0, 0.1) is 12.7 Å². The van der Waals surface area contributed by atoms with Gasteiger partial charge < -0.3 is 9.67 Å². The van der Waals surface area contributed by atoms with Crippen molar-refractivity contribution < 1.29 is 14.3 Å². The van der Waals surface area contributed by atoms with Crippen LogP contribution in [0.4, 0.5) is 4.39 Å². The van der Waals surface area contributed by atoms with Gasteiger partial charge >= 0.3 is 5.97 Å². The van der Waals surface area contributed by atoms with Gasteiger partial charge in [0.15, 0.2) is 5.43 Å². The monoisotopic (exact) mass is 263 g/mol. The Kier molecular flexibility index (Phi) is 3.38. The van der Waals surface area contributed by atoms with Crippen LogP contribution in [-0.4, -0.2) is 15.6 Å². The van der Waals surface area contributed by atoms with Crippen LogP contribution >= 0.6 is 0 Å². The number of hydrogen-bond acceptors (Lipinski definition) is 2. The van der Waals surface area contributed by atoms with Crippen LogP contribution in [0.3, 0.4) is 0 Å². The Morgan fingerprint density at radius 2 is 2.11 bits per heavy atom. The summed E-state index contributed by atoms with van der Waals surface area (Å²) in [6.07, 6.45) is -0.350. The Labute approximate surface area is 109 Å². The normalized spacial score (nSPS) is 10.9. The van der Waals surface area contributed by atoms with Crippen molar-refractivity contribution in [3.05, 3.63) is 45.5 Å². The molecule has 1 aromatic heterocycles. The standard InChI is InChI=1S/C14H14FNO3/c1-3-16-8(2)10(7-12(17)18)14(19)9-5-4-6-11(15)13(9)16/h4-6H,3,7H2,1-2H3,(H,17,18). The molecule has 0 atom stereocenters. The fraction of sp³-hybridized carbons (Fsp3) is 0.286. The highest BCUT2D eigenvalue weighted by Crippen LogP contribution is 2.19. The van der Waals surface area contributed by atoms with Crippen LogP contribution in [0.1, 0.15) is 18.2 Å². The molecule has 19 heavy (non-hydrogen) atoms. The van der Waals surface area contributed by atoms with Crippen molar-refractivity contribution in [1.82, 2.24) is 4.57 Å². The average molecular weight is 263 g/mol. The zero-order valence-electron chi connectivity index (χ0n) is 10.7. The average Bonchev–Trinajstić information content (AvgIpc) is 2.36. The highest BCUT2D eigenvalue weighted by Gasteiger charge is 2.17. The van der Waals surface area contributed by atoms with Crippen molar-refractivity contribution in [2.24, 2.45) is 0 Å². The first-order valence-corrected chi connectivity index (χ1v) is 5.99. The second kappa shape index (κ2) is 4.84. The molecule has 1 N–H and O–H groups in total. The van der Waals surface area contributed by atoms with Crippen LogP contribution in [0.2, 0.25) is 0 Å². The van der Waals surface area contributed by atoms with Crippen molar-refractivity contribution >= 4 is 16.9 Å². The second-order valence-corrected chi connectivity index (χ2v) is 4.34. The van der Waals surface area contributed by atoms with E-state index in [1.807, 2.05) is 6.92 Å². The van der Waals surface area contributed by atoms with Gasteiger partial charge in [-0.3, -0.25) is 9.59 Å². The highest BCUT2D eigenvalue weighted by atomic mass is 19.1. The molecule has 2 aromatic rings. The molecular weight excluding hydrogens is 249 g/mol. The molecular formula is C14H14FNO3. The number of aromatic nitrogens is 1. The van der Waals surface area contributed by atoms with Gasteiger partial charge in [0.2, 0.25) is 0 Å². The van der Waals surface area contributed by atoms with E-state index in [-0.39, 0.29) is 22.9 Å². The summed E-state index contributed by atoms with van der Waals surface area (Å²) in [5.74, 6) is -1.54. The molecule has 5 heteroatoms. The number of carbonyl (C=O) groups is 1. The summed E-state index contributed by atoms with van der Waals surface area (Å²) in [6.45, 7) is 3.94. The molecule has 0 amide bonds. The third-order valence-electron chi connectivity index (χ3n) is 3.26. The number of fused-ring (bicyclic) bond motifs is 1. The van der Waals surface area contributed by atoms with E-state index in [1.165, 1.54) is 18.2 Å². The molecule has 0 aliphatic heterocycles. The number of aliphatic carboxylic acids is 1. The summed E-state index contributed by atoms with van der Waals surface area (Å²) in [7, 11) is 0. The van der Waals surface area contributed by atoms with Gasteiger partial charge in [-0.05, 0) is 26.0 Å². The van der Waals surface area contributed by atoms with E-state index >= 15 is 0 Å². The predicted molar refractivity (Wildman–Crippen MR) is 69.9 cm³/mol. The Balaban J connectivity index is 2.95. The Bertz CT molecular complexity index is 719. The Morgan fingerprint density at radius 1 is 1.42 bits per heavy atom. The number of hydrogen-bond donors (Lipinski definition) is 1. The van der Waals surface area contributed by atoms with Crippen LogP contribution in [0.5, 0.6) is 0 Å². The van der Waals surface area contributed by atoms with Crippen LogP contribution in [0.15, 0.2) is 23.0 Å². The topological polar surface area (TPSA) is 59.3 Å². The van der Waals surface area contributed by atoms with E-state index in [1.54, 1.807) is 11.5 Å². The molecule has 0 aliphatic carbocycles. The number of aryl methyl sites for hydroxylation is 1. The Hall–Kier alpha value is -2.17. The minimum atomic E-state index is -1.07. The molecule has 100 valence electrons. The van der Waals surface area contributed by atoms with Crippen molar-refractivity contribution in [2.45, 2.75) is 26.8 Å². The first kappa shape index (κ1) is 13.3. The maximum atomic E-state index is 13.9. The second-order valence-electron chi connectivity index (χ2n) is 4.34. The largest absolute Gasteiger partial charge is 0.481 e. The molecule has 0 bridgehead atoms. The number of halogens is 1. The lowest BCUT2D eigenvalue weighted by Crippen LogP contribution is -2.21. The maximum Gasteiger partial charge on any atom is 0.308 e.